The molecular weight excluding hydrogens is 248 g/mol. The molecule has 1 unspecified atom stereocenters. The van der Waals surface area contributed by atoms with Crippen molar-refractivity contribution in [2.45, 2.75) is 46.1 Å². The molecule has 20 heavy (non-hydrogen) atoms. The molecule has 2 N–H and O–H groups in total. The van der Waals surface area contributed by atoms with Crippen LogP contribution in [-0.4, -0.2) is 25.0 Å². The maximum absolute atomic E-state index is 12.2. The van der Waals surface area contributed by atoms with E-state index in [4.69, 9.17) is 0 Å². The summed E-state index contributed by atoms with van der Waals surface area (Å²) >= 11 is 0. The molecule has 0 saturated carbocycles. The topological polar surface area (TPSA) is 41.1 Å². The van der Waals surface area contributed by atoms with E-state index in [1.807, 2.05) is 24.3 Å². The fourth-order valence-electron chi connectivity index (χ4n) is 2.81. The van der Waals surface area contributed by atoms with Crippen molar-refractivity contribution < 1.29 is 4.79 Å². The van der Waals surface area contributed by atoms with Crippen molar-refractivity contribution in [2.24, 2.45) is 5.41 Å². The predicted octanol–water partition coefficient (Wildman–Crippen LogP) is 2.76. The first kappa shape index (κ1) is 15.0. The third-order valence-electron chi connectivity index (χ3n) is 4.42. The number of nitrogens with one attached hydrogen (secondary N) is 2. The lowest BCUT2D eigenvalue weighted by Gasteiger charge is -2.39. The van der Waals surface area contributed by atoms with Crippen molar-refractivity contribution >= 4 is 5.91 Å². The number of carbonyl (C=O) groups is 1. The number of piperidine rings is 1. The predicted molar refractivity (Wildman–Crippen MR) is 83.0 cm³/mol. The number of aryl methyl sites for hydroxylation is 1. The fourth-order valence-corrected chi connectivity index (χ4v) is 2.81. The Morgan fingerprint density at radius 3 is 2.65 bits per heavy atom. The Hall–Kier alpha value is -1.35. The molecular formula is C17H26N2O. The first-order valence-electron chi connectivity index (χ1n) is 7.63. The van der Waals surface area contributed by atoms with E-state index in [0.29, 0.717) is 12.6 Å². The van der Waals surface area contributed by atoms with Gasteiger partial charge in [-0.05, 0) is 48.9 Å². The van der Waals surface area contributed by atoms with Gasteiger partial charge in [0.1, 0.15) is 0 Å². The smallest absolute Gasteiger partial charge is 0.251 e. The molecule has 2 rings (SSSR count). The zero-order valence-electron chi connectivity index (χ0n) is 12.8. The average Bonchev–Trinajstić information content (AvgIpc) is 2.45. The lowest BCUT2D eigenvalue weighted by molar-refractivity contribution is 0.0929. The van der Waals surface area contributed by atoms with Gasteiger partial charge in [0.25, 0.3) is 5.91 Å². The van der Waals surface area contributed by atoms with Crippen LogP contribution in [0.2, 0.25) is 0 Å². The van der Waals surface area contributed by atoms with E-state index in [1.165, 1.54) is 18.4 Å². The Balaban J connectivity index is 1.91. The standard InChI is InChI=1S/C17H26N2O/c1-4-13-6-8-14(9-7-13)16(20)19-12-15-17(2,3)10-5-11-18-15/h6-9,15,18H,4-5,10-12H2,1-3H3,(H,19,20). The van der Waals surface area contributed by atoms with Crippen molar-refractivity contribution in [3.63, 3.8) is 0 Å². The van der Waals surface area contributed by atoms with Gasteiger partial charge in [-0.3, -0.25) is 4.79 Å². The summed E-state index contributed by atoms with van der Waals surface area (Å²) in [6, 6.07) is 8.23. The van der Waals surface area contributed by atoms with E-state index in [1.54, 1.807) is 0 Å². The van der Waals surface area contributed by atoms with Gasteiger partial charge in [-0.2, -0.15) is 0 Å². The maximum Gasteiger partial charge on any atom is 0.251 e. The summed E-state index contributed by atoms with van der Waals surface area (Å²) in [6.45, 7) is 8.40. The van der Waals surface area contributed by atoms with Crippen LogP contribution < -0.4 is 10.6 Å². The lowest BCUT2D eigenvalue weighted by Crippen LogP contribution is -2.52. The molecule has 110 valence electrons. The molecule has 1 aromatic rings. The minimum absolute atomic E-state index is 0.0239. The zero-order valence-corrected chi connectivity index (χ0v) is 12.8. The Kier molecular flexibility index (Phi) is 4.81. The highest BCUT2D eigenvalue weighted by atomic mass is 16.1. The summed E-state index contributed by atoms with van der Waals surface area (Å²) in [5, 5.41) is 6.58. The minimum atomic E-state index is 0.0239. The number of hydrogen-bond acceptors (Lipinski definition) is 2. The average molecular weight is 274 g/mol. The first-order chi connectivity index (χ1) is 9.53. The second-order valence-electron chi connectivity index (χ2n) is 6.36. The summed E-state index contributed by atoms with van der Waals surface area (Å²) in [7, 11) is 0. The van der Waals surface area contributed by atoms with Crippen LogP contribution >= 0.6 is 0 Å². The van der Waals surface area contributed by atoms with Gasteiger partial charge in [0.05, 0.1) is 0 Å². The summed E-state index contributed by atoms with van der Waals surface area (Å²) < 4.78 is 0. The summed E-state index contributed by atoms with van der Waals surface area (Å²) in [5.41, 5.74) is 2.25. The van der Waals surface area contributed by atoms with Crippen LogP contribution in [-0.2, 0) is 6.42 Å². The molecule has 0 aliphatic carbocycles. The zero-order chi connectivity index (χ0) is 14.6. The monoisotopic (exact) mass is 274 g/mol. The van der Waals surface area contributed by atoms with Gasteiger partial charge >= 0.3 is 0 Å². The van der Waals surface area contributed by atoms with E-state index in [-0.39, 0.29) is 11.3 Å². The van der Waals surface area contributed by atoms with Gasteiger partial charge in [-0.1, -0.05) is 32.9 Å². The minimum Gasteiger partial charge on any atom is -0.350 e. The normalized spacial score (nSPS) is 21.4. The quantitative estimate of drug-likeness (QED) is 0.886. The van der Waals surface area contributed by atoms with Gasteiger partial charge in [-0.15, -0.1) is 0 Å². The molecule has 1 aliphatic heterocycles. The molecule has 3 heteroatoms. The van der Waals surface area contributed by atoms with Gasteiger partial charge in [0.15, 0.2) is 0 Å². The molecule has 1 atom stereocenters. The Morgan fingerprint density at radius 2 is 2.05 bits per heavy atom. The molecule has 1 saturated heterocycles. The second-order valence-corrected chi connectivity index (χ2v) is 6.36. The second kappa shape index (κ2) is 6.40. The summed E-state index contributed by atoms with van der Waals surface area (Å²) in [5.74, 6) is 0.0239. The van der Waals surface area contributed by atoms with Crippen molar-refractivity contribution in [1.82, 2.24) is 10.6 Å². The van der Waals surface area contributed by atoms with E-state index in [9.17, 15) is 4.79 Å². The molecule has 1 amide bonds. The fraction of sp³-hybridized carbons (Fsp3) is 0.588. The molecule has 0 aromatic heterocycles. The van der Waals surface area contributed by atoms with E-state index in [0.717, 1.165) is 18.5 Å². The highest BCUT2D eigenvalue weighted by Gasteiger charge is 2.31. The first-order valence-corrected chi connectivity index (χ1v) is 7.63. The Bertz CT molecular complexity index is 451. The Morgan fingerprint density at radius 1 is 1.35 bits per heavy atom. The van der Waals surface area contributed by atoms with Crippen LogP contribution in [0, 0.1) is 5.41 Å². The summed E-state index contributed by atoms with van der Waals surface area (Å²) in [6.07, 6.45) is 3.43. The van der Waals surface area contributed by atoms with Crippen molar-refractivity contribution in [3.8, 4) is 0 Å². The van der Waals surface area contributed by atoms with Gasteiger partial charge in [-0.25, -0.2) is 0 Å². The summed E-state index contributed by atoms with van der Waals surface area (Å²) in [4.78, 5) is 12.2. The number of carbonyl (C=O) groups excluding carboxylic acids is 1. The van der Waals surface area contributed by atoms with Crippen LogP contribution in [0.15, 0.2) is 24.3 Å². The van der Waals surface area contributed by atoms with Crippen LogP contribution in [0.5, 0.6) is 0 Å². The SMILES string of the molecule is CCc1ccc(C(=O)NCC2NCCCC2(C)C)cc1. The number of benzene rings is 1. The number of hydrogen-bond donors (Lipinski definition) is 2. The highest BCUT2D eigenvalue weighted by Crippen LogP contribution is 2.29. The van der Waals surface area contributed by atoms with Crippen molar-refractivity contribution in [3.05, 3.63) is 35.4 Å². The van der Waals surface area contributed by atoms with Crippen LogP contribution in [0.4, 0.5) is 0 Å². The molecule has 3 nitrogen and oxygen atoms in total. The third-order valence-corrected chi connectivity index (χ3v) is 4.42. The highest BCUT2D eigenvalue weighted by molar-refractivity contribution is 5.94. The Labute approximate surface area is 122 Å². The van der Waals surface area contributed by atoms with Gasteiger partial charge in [0, 0.05) is 18.2 Å². The maximum atomic E-state index is 12.2. The number of rotatable bonds is 4. The van der Waals surface area contributed by atoms with Gasteiger partial charge < -0.3 is 10.6 Å². The van der Waals surface area contributed by atoms with Crippen molar-refractivity contribution in [1.29, 1.82) is 0 Å². The largest absolute Gasteiger partial charge is 0.350 e. The van der Waals surface area contributed by atoms with E-state index < -0.39 is 0 Å². The van der Waals surface area contributed by atoms with Crippen LogP contribution in [0.1, 0.15) is 49.5 Å². The van der Waals surface area contributed by atoms with E-state index >= 15 is 0 Å². The third kappa shape index (κ3) is 3.60. The molecule has 1 aliphatic rings. The van der Waals surface area contributed by atoms with Crippen LogP contribution in [0.3, 0.4) is 0 Å². The molecule has 1 aromatic carbocycles. The molecule has 0 radical (unpaired) electrons. The lowest BCUT2D eigenvalue weighted by atomic mass is 9.77. The van der Waals surface area contributed by atoms with Crippen molar-refractivity contribution in [2.75, 3.05) is 13.1 Å². The molecule has 0 bridgehead atoms. The van der Waals surface area contributed by atoms with E-state index in [2.05, 4.69) is 31.4 Å². The van der Waals surface area contributed by atoms with Gasteiger partial charge in [0.2, 0.25) is 0 Å². The molecule has 0 spiro atoms. The molecule has 1 heterocycles. The molecule has 1 fully saturated rings. The number of amides is 1. The van der Waals surface area contributed by atoms with Crippen LogP contribution in [0.25, 0.3) is 0 Å².